The van der Waals surface area contributed by atoms with E-state index >= 15 is 0 Å². The van der Waals surface area contributed by atoms with E-state index in [2.05, 4.69) is 0 Å². The third kappa shape index (κ3) is 2.43. The number of carbonyl (C=O) groups is 1. The Bertz CT molecular complexity index is 736. The summed E-state index contributed by atoms with van der Waals surface area (Å²) in [4.78, 5) is 13.8. The van der Waals surface area contributed by atoms with Crippen LogP contribution in [0.2, 0.25) is 10.0 Å². The van der Waals surface area contributed by atoms with Crippen molar-refractivity contribution in [1.82, 2.24) is 0 Å². The number of anilines is 1. The molecule has 0 spiro atoms. The van der Waals surface area contributed by atoms with Gasteiger partial charge in [0.15, 0.2) is 0 Å². The van der Waals surface area contributed by atoms with Crippen molar-refractivity contribution in [1.29, 1.82) is 0 Å². The zero-order valence-corrected chi connectivity index (χ0v) is 13.3. The van der Waals surface area contributed by atoms with Crippen molar-refractivity contribution >= 4 is 34.8 Å². The normalized spacial score (nSPS) is 20.7. The van der Waals surface area contributed by atoms with Crippen LogP contribution < -0.4 is 15.4 Å². The Balaban J connectivity index is 1.98. The van der Waals surface area contributed by atoms with Crippen molar-refractivity contribution < 1.29 is 9.53 Å². The van der Waals surface area contributed by atoms with Gasteiger partial charge >= 0.3 is 0 Å². The maximum atomic E-state index is 12.2. The van der Waals surface area contributed by atoms with Gasteiger partial charge in [0.25, 0.3) is 0 Å². The summed E-state index contributed by atoms with van der Waals surface area (Å²) >= 11 is 12.0. The van der Waals surface area contributed by atoms with Gasteiger partial charge in [-0.1, -0.05) is 35.3 Å². The van der Waals surface area contributed by atoms with Crippen LogP contribution >= 0.6 is 23.2 Å². The number of benzene rings is 2. The molecule has 1 amide bonds. The highest BCUT2D eigenvalue weighted by Crippen LogP contribution is 2.40. The van der Waals surface area contributed by atoms with Crippen LogP contribution in [0.5, 0.6) is 5.75 Å². The van der Waals surface area contributed by atoms with Gasteiger partial charge in [0.2, 0.25) is 5.91 Å². The van der Waals surface area contributed by atoms with E-state index in [-0.39, 0.29) is 11.9 Å². The highest BCUT2D eigenvalue weighted by atomic mass is 35.5. The fraction of sp³-hybridized carbons (Fsp3) is 0.188. The van der Waals surface area contributed by atoms with E-state index in [1.165, 1.54) is 0 Å². The molecule has 2 aromatic rings. The molecule has 0 bridgehead atoms. The molecule has 0 aliphatic carbocycles. The molecular formula is C16H14Cl2N2O2. The molecule has 6 heteroatoms. The Morgan fingerprint density at radius 1 is 1.14 bits per heavy atom. The smallest absolute Gasteiger partial charge is 0.247 e. The Labute approximate surface area is 138 Å². The van der Waals surface area contributed by atoms with Gasteiger partial charge in [-0.25, -0.2) is 0 Å². The van der Waals surface area contributed by atoms with Crippen molar-refractivity contribution in [3.05, 3.63) is 58.1 Å². The molecule has 0 aromatic heterocycles. The summed E-state index contributed by atoms with van der Waals surface area (Å²) in [6, 6.07) is 11.8. The predicted molar refractivity (Wildman–Crippen MR) is 87.7 cm³/mol. The summed E-state index contributed by atoms with van der Waals surface area (Å²) in [5, 5.41) is 0.845. The predicted octanol–water partition coefficient (Wildman–Crippen LogP) is 3.42. The first-order valence-electron chi connectivity index (χ1n) is 6.70. The Kier molecular flexibility index (Phi) is 4.00. The Morgan fingerprint density at radius 2 is 1.91 bits per heavy atom. The van der Waals surface area contributed by atoms with Crippen LogP contribution in [-0.4, -0.2) is 19.1 Å². The average Bonchev–Trinajstić information content (AvgIpc) is 2.54. The molecule has 22 heavy (non-hydrogen) atoms. The maximum Gasteiger partial charge on any atom is 0.247 e. The quantitative estimate of drug-likeness (QED) is 0.873. The molecule has 4 nitrogen and oxygen atoms in total. The first kappa shape index (κ1) is 15.2. The van der Waals surface area contributed by atoms with Crippen LogP contribution in [0.15, 0.2) is 42.5 Å². The van der Waals surface area contributed by atoms with Crippen LogP contribution in [-0.2, 0) is 4.79 Å². The second-order valence-corrected chi connectivity index (χ2v) is 5.87. The molecule has 1 saturated heterocycles. The van der Waals surface area contributed by atoms with Gasteiger partial charge in [0.05, 0.1) is 23.2 Å². The first-order valence-corrected chi connectivity index (χ1v) is 7.46. The fourth-order valence-electron chi connectivity index (χ4n) is 2.62. The number of hydrogen-bond acceptors (Lipinski definition) is 3. The largest absolute Gasteiger partial charge is 0.497 e. The van der Waals surface area contributed by atoms with E-state index in [1.807, 2.05) is 24.3 Å². The topological polar surface area (TPSA) is 55.6 Å². The van der Waals surface area contributed by atoms with Crippen molar-refractivity contribution in [2.45, 2.75) is 12.1 Å². The van der Waals surface area contributed by atoms with Gasteiger partial charge in [-0.2, -0.15) is 0 Å². The minimum absolute atomic E-state index is 0.147. The molecule has 1 aliphatic rings. The zero-order chi connectivity index (χ0) is 15.9. The van der Waals surface area contributed by atoms with Gasteiger partial charge in [0, 0.05) is 5.69 Å². The number of nitrogens with zero attached hydrogens (tertiary/aromatic N) is 1. The SMILES string of the molecule is COc1cccc([C@H]2[C@H](N)C(=O)N2c2ccc(Cl)c(Cl)c2)c1. The molecule has 0 saturated carbocycles. The number of ether oxygens (including phenoxy) is 1. The molecule has 0 unspecified atom stereocenters. The number of methoxy groups -OCH3 is 1. The van der Waals surface area contributed by atoms with E-state index in [0.29, 0.717) is 15.7 Å². The maximum absolute atomic E-state index is 12.2. The van der Waals surface area contributed by atoms with Crippen molar-refractivity contribution in [2.24, 2.45) is 5.73 Å². The molecule has 2 aromatic carbocycles. The second-order valence-electron chi connectivity index (χ2n) is 5.05. The highest BCUT2D eigenvalue weighted by Gasteiger charge is 2.46. The molecular weight excluding hydrogens is 323 g/mol. The first-order chi connectivity index (χ1) is 10.5. The number of nitrogens with two attached hydrogens (primary N) is 1. The molecule has 1 fully saturated rings. The average molecular weight is 337 g/mol. The van der Waals surface area contributed by atoms with Gasteiger partial charge in [0.1, 0.15) is 11.8 Å². The lowest BCUT2D eigenvalue weighted by Crippen LogP contribution is -2.63. The monoisotopic (exact) mass is 336 g/mol. The van der Waals surface area contributed by atoms with Crippen LogP contribution in [0.4, 0.5) is 5.69 Å². The number of hydrogen-bond donors (Lipinski definition) is 1. The van der Waals surface area contributed by atoms with E-state index in [4.69, 9.17) is 33.7 Å². The summed E-state index contributed by atoms with van der Waals surface area (Å²) in [5.74, 6) is 0.573. The second kappa shape index (κ2) is 5.80. The van der Waals surface area contributed by atoms with E-state index in [1.54, 1.807) is 30.2 Å². The van der Waals surface area contributed by atoms with Crippen LogP contribution in [0.3, 0.4) is 0 Å². The molecule has 2 N–H and O–H groups in total. The van der Waals surface area contributed by atoms with Crippen LogP contribution in [0, 0.1) is 0 Å². The molecule has 0 radical (unpaired) electrons. The van der Waals surface area contributed by atoms with Gasteiger partial charge < -0.3 is 15.4 Å². The summed E-state index contributed by atoms with van der Waals surface area (Å²) in [7, 11) is 1.60. The van der Waals surface area contributed by atoms with Gasteiger partial charge in [-0.05, 0) is 35.9 Å². The van der Waals surface area contributed by atoms with Crippen molar-refractivity contribution in [3.63, 3.8) is 0 Å². The van der Waals surface area contributed by atoms with E-state index in [9.17, 15) is 4.79 Å². The summed E-state index contributed by atoms with van der Waals surface area (Å²) in [6.45, 7) is 0. The third-order valence-corrected chi connectivity index (χ3v) is 4.50. The molecule has 2 atom stereocenters. The number of amides is 1. The number of rotatable bonds is 3. The minimum Gasteiger partial charge on any atom is -0.497 e. The Morgan fingerprint density at radius 3 is 2.59 bits per heavy atom. The molecule has 114 valence electrons. The molecule has 3 rings (SSSR count). The van der Waals surface area contributed by atoms with Crippen molar-refractivity contribution in [3.8, 4) is 5.75 Å². The highest BCUT2D eigenvalue weighted by molar-refractivity contribution is 6.42. The summed E-state index contributed by atoms with van der Waals surface area (Å²) in [6.07, 6.45) is 0. The molecule has 1 heterocycles. The van der Waals surface area contributed by atoms with E-state index < -0.39 is 6.04 Å². The van der Waals surface area contributed by atoms with Crippen LogP contribution in [0.25, 0.3) is 0 Å². The zero-order valence-electron chi connectivity index (χ0n) is 11.8. The number of halogens is 2. The Hall–Kier alpha value is -1.75. The van der Waals surface area contributed by atoms with Crippen LogP contribution in [0.1, 0.15) is 11.6 Å². The number of β-lactam (4-membered cyclic amide) rings is 1. The van der Waals surface area contributed by atoms with E-state index in [0.717, 1.165) is 11.3 Å². The minimum atomic E-state index is -0.582. The third-order valence-electron chi connectivity index (χ3n) is 3.76. The summed E-state index contributed by atoms with van der Waals surface area (Å²) in [5.41, 5.74) is 7.58. The fourth-order valence-corrected chi connectivity index (χ4v) is 2.91. The van der Waals surface area contributed by atoms with Gasteiger partial charge in [-0.15, -0.1) is 0 Å². The molecule has 1 aliphatic heterocycles. The van der Waals surface area contributed by atoms with Gasteiger partial charge in [-0.3, -0.25) is 4.79 Å². The lowest BCUT2D eigenvalue weighted by atomic mass is 9.88. The standard InChI is InChI=1S/C16H14Cl2N2O2/c1-22-11-4-2-3-9(7-11)15-14(19)16(21)20(15)10-5-6-12(17)13(18)8-10/h2-8,14-15H,19H2,1H3/t14-,15-/m0/s1. The van der Waals surface area contributed by atoms with Crippen molar-refractivity contribution in [2.75, 3.05) is 12.0 Å². The lowest BCUT2D eigenvalue weighted by Gasteiger charge is -2.45. The summed E-state index contributed by atoms with van der Waals surface area (Å²) < 4.78 is 5.23. The number of carbonyl (C=O) groups excluding carboxylic acids is 1. The lowest BCUT2D eigenvalue weighted by molar-refractivity contribution is -0.126.